The summed E-state index contributed by atoms with van der Waals surface area (Å²) in [5, 5.41) is 0. The number of esters is 1. The predicted molar refractivity (Wildman–Crippen MR) is 70.2 cm³/mol. The molecule has 0 fully saturated rings. The van der Waals surface area contributed by atoms with E-state index in [1.807, 2.05) is 13.8 Å². The van der Waals surface area contributed by atoms with Crippen LogP contribution in [0.25, 0.3) is 0 Å². The molecule has 1 rings (SSSR count). The van der Waals surface area contributed by atoms with Crippen LogP contribution >= 0.6 is 0 Å². The maximum Gasteiger partial charge on any atom is 0.311 e. The number of rotatable bonds is 3. The monoisotopic (exact) mass is 234 g/mol. The molecule has 1 aromatic carbocycles. The Hall–Kier alpha value is -1.31. The van der Waals surface area contributed by atoms with Crippen molar-refractivity contribution in [2.75, 3.05) is 7.11 Å². The highest BCUT2D eigenvalue weighted by Gasteiger charge is 2.30. The summed E-state index contributed by atoms with van der Waals surface area (Å²) in [5.41, 5.74) is 4.55. The Kier molecular flexibility index (Phi) is 3.97. The minimum Gasteiger partial charge on any atom is -0.469 e. The van der Waals surface area contributed by atoms with Gasteiger partial charge in [-0.15, -0.1) is 0 Å². The first-order valence-corrected chi connectivity index (χ1v) is 5.93. The molecule has 2 heteroatoms. The molecule has 17 heavy (non-hydrogen) atoms. The molecule has 94 valence electrons. The molecule has 0 aliphatic carbocycles. The Bertz CT molecular complexity index is 408. The predicted octanol–water partition coefficient (Wildman–Crippen LogP) is 3.35. The lowest BCUT2D eigenvalue weighted by molar-refractivity contribution is -0.150. The van der Waals surface area contributed by atoms with Crippen LogP contribution in [0.5, 0.6) is 0 Å². The van der Waals surface area contributed by atoms with Crippen molar-refractivity contribution in [2.45, 2.75) is 41.0 Å². The lowest BCUT2D eigenvalue weighted by Crippen LogP contribution is -2.28. The Morgan fingerprint density at radius 2 is 1.65 bits per heavy atom. The summed E-state index contributed by atoms with van der Waals surface area (Å²) in [6, 6.07) is 4.32. The van der Waals surface area contributed by atoms with Gasteiger partial charge in [0.2, 0.25) is 0 Å². The first-order valence-electron chi connectivity index (χ1n) is 5.93. The summed E-state index contributed by atoms with van der Waals surface area (Å²) in [6.45, 7) is 10.1. The van der Waals surface area contributed by atoms with Crippen LogP contribution in [-0.2, 0) is 16.0 Å². The van der Waals surface area contributed by atoms with Gasteiger partial charge < -0.3 is 4.74 Å². The molecule has 0 aliphatic rings. The Morgan fingerprint density at radius 1 is 1.18 bits per heavy atom. The van der Waals surface area contributed by atoms with Gasteiger partial charge in [-0.1, -0.05) is 17.7 Å². The zero-order valence-electron chi connectivity index (χ0n) is 11.7. The van der Waals surface area contributed by atoms with E-state index in [2.05, 4.69) is 32.9 Å². The minimum atomic E-state index is -0.473. The van der Waals surface area contributed by atoms with E-state index >= 15 is 0 Å². The molecular formula is C15H22O2. The van der Waals surface area contributed by atoms with Crippen LogP contribution < -0.4 is 0 Å². The van der Waals surface area contributed by atoms with Crippen molar-refractivity contribution < 1.29 is 9.53 Å². The number of ether oxygens (including phenoxy) is 1. The van der Waals surface area contributed by atoms with Crippen LogP contribution in [0.3, 0.4) is 0 Å². The number of aryl methyl sites for hydroxylation is 3. The first kappa shape index (κ1) is 13.8. The molecule has 0 aliphatic heterocycles. The fraction of sp³-hybridized carbons (Fsp3) is 0.533. The molecule has 0 bridgehead atoms. The molecule has 2 nitrogen and oxygen atoms in total. The van der Waals surface area contributed by atoms with E-state index in [4.69, 9.17) is 4.74 Å². The van der Waals surface area contributed by atoms with E-state index < -0.39 is 5.41 Å². The summed E-state index contributed by atoms with van der Waals surface area (Å²) in [7, 11) is 1.44. The third-order valence-corrected chi connectivity index (χ3v) is 3.20. The largest absolute Gasteiger partial charge is 0.469 e. The van der Waals surface area contributed by atoms with Gasteiger partial charge in [-0.05, 0) is 57.7 Å². The third kappa shape index (κ3) is 3.09. The van der Waals surface area contributed by atoms with Gasteiger partial charge in [0.05, 0.1) is 12.5 Å². The van der Waals surface area contributed by atoms with Crippen LogP contribution in [0.15, 0.2) is 12.1 Å². The number of hydrogen-bond donors (Lipinski definition) is 0. The van der Waals surface area contributed by atoms with Crippen molar-refractivity contribution in [2.24, 2.45) is 5.41 Å². The third-order valence-electron chi connectivity index (χ3n) is 3.20. The summed E-state index contributed by atoms with van der Waals surface area (Å²) in [5.74, 6) is -0.156. The molecular weight excluding hydrogens is 212 g/mol. The maximum absolute atomic E-state index is 11.7. The van der Waals surface area contributed by atoms with Gasteiger partial charge in [0.25, 0.3) is 0 Å². The maximum atomic E-state index is 11.7. The second-order valence-corrected chi connectivity index (χ2v) is 5.43. The molecule has 0 radical (unpaired) electrons. The quantitative estimate of drug-likeness (QED) is 0.750. The van der Waals surface area contributed by atoms with Gasteiger partial charge in [-0.2, -0.15) is 0 Å². The summed E-state index contributed by atoms with van der Waals surface area (Å²) >= 11 is 0. The van der Waals surface area contributed by atoms with Crippen LogP contribution in [0, 0.1) is 26.2 Å². The number of carbonyl (C=O) groups is 1. The molecule has 0 saturated heterocycles. The van der Waals surface area contributed by atoms with Gasteiger partial charge in [-0.25, -0.2) is 0 Å². The van der Waals surface area contributed by atoms with Crippen LogP contribution in [0.4, 0.5) is 0 Å². The molecule has 0 N–H and O–H groups in total. The normalized spacial score (nSPS) is 11.4. The molecule has 0 aromatic heterocycles. The molecule has 0 spiro atoms. The summed E-state index contributed by atoms with van der Waals surface area (Å²) < 4.78 is 4.85. The molecule has 0 amide bonds. The Morgan fingerprint density at radius 3 is 2.06 bits per heavy atom. The molecule has 0 heterocycles. The fourth-order valence-electron chi connectivity index (χ4n) is 2.28. The average Bonchev–Trinajstić information content (AvgIpc) is 2.22. The first-order chi connectivity index (χ1) is 7.77. The SMILES string of the molecule is COC(=O)C(C)(C)Cc1c(C)cc(C)cc1C. The molecule has 1 aromatic rings. The van der Waals surface area contributed by atoms with Gasteiger partial charge in [0, 0.05) is 0 Å². The van der Waals surface area contributed by atoms with E-state index in [0.29, 0.717) is 0 Å². The lowest BCUT2D eigenvalue weighted by Gasteiger charge is -2.24. The van der Waals surface area contributed by atoms with Gasteiger partial charge in [-0.3, -0.25) is 4.79 Å². The minimum absolute atomic E-state index is 0.156. The van der Waals surface area contributed by atoms with E-state index in [1.54, 1.807) is 0 Å². The van der Waals surface area contributed by atoms with Gasteiger partial charge in [0.1, 0.15) is 0 Å². The number of hydrogen-bond acceptors (Lipinski definition) is 2. The Balaban J connectivity index is 3.07. The zero-order valence-corrected chi connectivity index (χ0v) is 11.7. The second-order valence-electron chi connectivity index (χ2n) is 5.43. The second kappa shape index (κ2) is 4.91. The van der Waals surface area contributed by atoms with Crippen LogP contribution in [-0.4, -0.2) is 13.1 Å². The van der Waals surface area contributed by atoms with Crippen LogP contribution in [0.1, 0.15) is 36.1 Å². The van der Waals surface area contributed by atoms with Crippen LogP contribution in [0.2, 0.25) is 0 Å². The van der Waals surface area contributed by atoms with Crippen molar-refractivity contribution >= 4 is 5.97 Å². The highest BCUT2D eigenvalue weighted by atomic mass is 16.5. The highest BCUT2D eigenvalue weighted by molar-refractivity contribution is 5.76. The summed E-state index contributed by atoms with van der Waals surface area (Å²) in [4.78, 5) is 11.7. The van der Waals surface area contributed by atoms with Crippen molar-refractivity contribution in [3.8, 4) is 0 Å². The molecule has 0 unspecified atom stereocenters. The highest BCUT2D eigenvalue weighted by Crippen LogP contribution is 2.27. The van der Waals surface area contributed by atoms with E-state index in [9.17, 15) is 4.79 Å². The molecule has 0 saturated carbocycles. The van der Waals surface area contributed by atoms with Gasteiger partial charge in [0.15, 0.2) is 0 Å². The van der Waals surface area contributed by atoms with E-state index in [-0.39, 0.29) is 5.97 Å². The number of carbonyl (C=O) groups excluding carboxylic acids is 1. The average molecular weight is 234 g/mol. The summed E-state index contributed by atoms with van der Waals surface area (Å²) in [6.07, 6.45) is 0.720. The topological polar surface area (TPSA) is 26.3 Å². The van der Waals surface area contributed by atoms with E-state index in [0.717, 1.165) is 6.42 Å². The Labute approximate surface area is 104 Å². The zero-order chi connectivity index (χ0) is 13.2. The number of benzene rings is 1. The number of methoxy groups -OCH3 is 1. The smallest absolute Gasteiger partial charge is 0.311 e. The van der Waals surface area contributed by atoms with Crippen molar-refractivity contribution in [1.29, 1.82) is 0 Å². The van der Waals surface area contributed by atoms with E-state index in [1.165, 1.54) is 29.4 Å². The molecule has 0 atom stereocenters. The fourth-order valence-corrected chi connectivity index (χ4v) is 2.28. The lowest BCUT2D eigenvalue weighted by atomic mass is 9.82. The van der Waals surface area contributed by atoms with Gasteiger partial charge >= 0.3 is 5.97 Å². The standard InChI is InChI=1S/C15H22O2/c1-10-7-11(2)13(12(3)8-10)9-15(4,5)14(16)17-6/h7-8H,9H2,1-6H3. The van der Waals surface area contributed by atoms with Crippen molar-refractivity contribution in [1.82, 2.24) is 0 Å². The van der Waals surface area contributed by atoms with Crippen molar-refractivity contribution in [3.05, 3.63) is 34.4 Å². The van der Waals surface area contributed by atoms with Crippen molar-refractivity contribution in [3.63, 3.8) is 0 Å².